The normalized spacial score (nSPS) is 15.2. The lowest BCUT2D eigenvalue weighted by Crippen LogP contribution is -2.24. The van der Waals surface area contributed by atoms with Gasteiger partial charge >= 0.3 is 0 Å². The Balaban J connectivity index is 3.73. The van der Waals surface area contributed by atoms with Crippen LogP contribution < -0.4 is 0 Å². The monoisotopic (exact) mass is 523 g/mol. The van der Waals surface area contributed by atoms with E-state index in [0.29, 0.717) is 11.8 Å². The van der Waals surface area contributed by atoms with Gasteiger partial charge in [0.25, 0.3) is 0 Å². The molecule has 0 rings (SSSR count). The van der Waals surface area contributed by atoms with E-state index in [0.717, 1.165) is 18.3 Å². The predicted octanol–water partition coefficient (Wildman–Crippen LogP) is 12.7. The van der Waals surface area contributed by atoms with Gasteiger partial charge in [0, 0.05) is 0 Å². The van der Waals surface area contributed by atoms with Crippen LogP contribution >= 0.6 is 0 Å². The second-order valence-electron chi connectivity index (χ2n) is 13.0. The molecule has 4 unspecified atom stereocenters. The quantitative estimate of drug-likeness (QED) is 0.0968. The van der Waals surface area contributed by atoms with Crippen molar-refractivity contribution in [1.82, 2.24) is 0 Å². The van der Waals surface area contributed by atoms with Gasteiger partial charge in [0.1, 0.15) is 0 Å². The molecule has 0 aromatic rings. The van der Waals surface area contributed by atoms with E-state index in [1.807, 2.05) is 0 Å². The van der Waals surface area contributed by atoms with Crippen LogP contribution in [0.25, 0.3) is 0 Å². The zero-order chi connectivity index (χ0) is 27.6. The van der Waals surface area contributed by atoms with Gasteiger partial charge in [-0.05, 0) is 42.9 Å². The zero-order valence-electron chi connectivity index (χ0n) is 27.0. The average molecular weight is 523 g/mol. The fraction of sp³-hybridized carbons (Fsp3) is 1.00. The maximum atomic E-state index is 10.2. The van der Waals surface area contributed by atoms with E-state index in [-0.39, 0.29) is 6.10 Å². The molecule has 0 saturated heterocycles. The van der Waals surface area contributed by atoms with Crippen molar-refractivity contribution in [3.8, 4) is 0 Å². The first-order valence-corrected chi connectivity index (χ1v) is 17.7. The smallest absolute Gasteiger partial charge is 0.0568 e. The molecular weight excluding hydrogens is 448 g/mol. The summed E-state index contributed by atoms with van der Waals surface area (Å²) in [5.74, 6) is 3.05. The van der Waals surface area contributed by atoms with Crippen LogP contribution in [0.2, 0.25) is 0 Å². The summed E-state index contributed by atoms with van der Waals surface area (Å²) in [4.78, 5) is 0. The number of unbranched alkanes of at least 4 members (excludes halogenated alkanes) is 16. The first-order chi connectivity index (χ1) is 18.0. The van der Waals surface area contributed by atoms with Gasteiger partial charge in [-0.1, -0.05) is 183 Å². The van der Waals surface area contributed by atoms with Crippen LogP contribution in [0.3, 0.4) is 0 Å². The Kier molecular flexibility index (Phi) is 27.5. The largest absolute Gasteiger partial charge is 0.393 e. The number of rotatable bonds is 29. The maximum Gasteiger partial charge on any atom is 0.0568 e. The van der Waals surface area contributed by atoms with Crippen LogP contribution in [0.15, 0.2) is 0 Å². The third kappa shape index (κ3) is 22.5. The lowest BCUT2D eigenvalue weighted by Gasteiger charge is -2.25. The third-order valence-electron chi connectivity index (χ3n) is 9.46. The zero-order valence-corrected chi connectivity index (χ0v) is 27.0. The molecular formula is C36H74O. The summed E-state index contributed by atoms with van der Waals surface area (Å²) in [6.07, 6.45) is 35.0. The highest BCUT2D eigenvalue weighted by molar-refractivity contribution is 4.71. The summed E-state index contributed by atoms with van der Waals surface area (Å²) >= 11 is 0. The molecule has 0 spiro atoms. The lowest BCUT2D eigenvalue weighted by molar-refractivity contribution is 0.0710. The fourth-order valence-electron chi connectivity index (χ4n) is 6.52. The van der Waals surface area contributed by atoms with E-state index >= 15 is 0 Å². The molecule has 0 amide bonds. The molecule has 0 aromatic heterocycles. The minimum Gasteiger partial charge on any atom is -0.393 e. The summed E-state index contributed by atoms with van der Waals surface area (Å²) < 4.78 is 0. The minimum atomic E-state index is -0.0986. The first kappa shape index (κ1) is 37.0. The Labute approximate surface area is 236 Å². The molecule has 0 aliphatic heterocycles. The highest BCUT2D eigenvalue weighted by atomic mass is 16.3. The van der Waals surface area contributed by atoms with E-state index in [4.69, 9.17) is 0 Å². The average Bonchev–Trinajstić information content (AvgIpc) is 2.90. The predicted molar refractivity (Wildman–Crippen MR) is 169 cm³/mol. The molecule has 1 heteroatoms. The molecule has 1 N–H and O–H groups in total. The van der Waals surface area contributed by atoms with Crippen LogP contribution in [0.1, 0.15) is 202 Å². The van der Waals surface area contributed by atoms with Gasteiger partial charge in [0.05, 0.1) is 6.10 Å². The minimum absolute atomic E-state index is 0.0986. The van der Waals surface area contributed by atoms with Crippen LogP contribution in [-0.4, -0.2) is 11.2 Å². The Morgan fingerprint density at radius 3 is 1.11 bits per heavy atom. The van der Waals surface area contributed by atoms with E-state index in [9.17, 15) is 5.11 Å². The van der Waals surface area contributed by atoms with Crippen molar-refractivity contribution in [2.45, 2.75) is 208 Å². The van der Waals surface area contributed by atoms with Crippen LogP contribution in [0.4, 0.5) is 0 Å². The van der Waals surface area contributed by atoms with Gasteiger partial charge in [-0.2, -0.15) is 0 Å². The van der Waals surface area contributed by atoms with E-state index in [1.165, 1.54) is 154 Å². The van der Waals surface area contributed by atoms with Crippen molar-refractivity contribution in [2.24, 2.45) is 23.7 Å². The second-order valence-corrected chi connectivity index (χ2v) is 13.0. The molecule has 224 valence electrons. The molecule has 0 aliphatic rings. The Morgan fingerprint density at radius 2 is 0.784 bits per heavy atom. The van der Waals surface area contributed by atoms with Crippen LogP contribution in [-0.2, 0) is 0 Å². The van der Waals surface area contributed by atoms with Gasteiger partial charge in [0.15, 0.2) is 0 Å². The molecule has 0 saturated carbocycles. The molecule has 1 nitrogen and oxygen atoms in total. The van der Waals surface area contributed by atoms with E-state index < -0.39 is 0 Å². The van der Waals surface area contributed by atoms with Crippen molar-refractivity contribution in [1.29, 1.82) is 0 Å². The van der Waals surface area contributed by atoms with Crippen LogP contribution in [0, 0.1) is 23.7 Å². The van der Waals surface area contributed by atoms with Crippen molar-refractivity contribution >= 4 is 0 Å². The molecule has 37 heavy (non-hydrogen) atoms. The van der Waals surface area contributed by atoms with Gasteiger partial charge in [-0.3, -0.25) is 0 Å². The molecule has 0 aromatic carbocycles. The standard InChI is InChI=1S/C36H74O/c1-7-11-12-13-14-15-16-17-19-22-25-28-33(8-2)31-34(9-3)29-26-23-20-18-21-24-27-30-35(32(5)6)36(37)10-4/h32-37H,7-31H2,1-6H3. The van der Waals surface area contributed by atoms with Gasteiger partial charge in [-0.15, -0.1) is 0 Å². The maximum absolute atomic E-state index is 10.2. The highest BCUT2D eigenvalue weighted by Crippen LogP contribution is 2.28. The van der Waals surface area contributed by atoms with Crippen molar-refractivity contribution in [2.75, 3.05) is 0 Å². The highest BCUT2D eigenvalue weighted by Gasteiger charge is 2.20. The molecule has 0 heterocycles. The molecule has 0 fully saturated rings. The second kappa shape index (κ2) is 27.5. The Bertz CT molecular complexity index is 430. The third-order valence-corrected chi connectivity index (χ3v) is 9.46. The topological polar surface area (TPSA) is 20.2 Å². The molecule has 0 radical (unpaired) electrons. The van der Waals surface area contributed by atoms with Crippen molar-refractivity contribution < 1.29 is 5.11 Å². The lowest BCUT2D eigenvalue weighted by atomic mass is 9.84. The van der Waals surface area contributed by atoms with Crippen LogP contribution in [0.5, 0.6) is 0 Å². The van der Waals surface area contributed by atoms with E-state index in [1.54, 1.807) is 0 Å². The van der Waals surface area contributed by atoms with Gasteiger partial charge in [0.2, 0.25) is 0 Å². The van der Waals surface area contributed by atoms with Gasteiger partial charge in [-0.25, -0.2) is 0 Å². The Hall–Kier alpha value is -0.0400. The van der Waals surface area contributed by atoms with Crippen molar-refractivity contribution in [3.63, 3.8) is 0 Å². The van der Waals surface area contributed by atoms with E-state index in [2.05, 4.69) is 41.5 Å². The summed E-state index contributed by atoms with van der Waals surface area (Å²) in [6.45, 7) is 13.8. The number of aliphatic hydroxyl groups excluding tert-OH is 1. The number of hydrogen-bond donors (Lipinski definition) is 1. The summed E-state index contributed by atoms with van der Waals surface area (Å²) in [7, 11) is 0. The number of hydrogen-bond acceptors (Lipinski definition) is 1. The fourth-order valence-corrected chi connectivity index (χ4v) is 6.52. The van der Waals surface area contributed by atoms with Gasteiger partial charge < -0.3 is 5.11 Å². The molecule has 0 bridgehead atoms. The summed E-state index contributed by atoms with van der Waals surface area (Å²) in [5, 5.41) is 10.2. The summed E-state index contributed by atoms with van der Waals surface area (Å²) in [6, 6.07) is 0. The number of aliphatic hydroxyl groups is 1. The SMILES string of the molecule is CCCCCCCCCCCCCC(CC)CC(CC)CCCCCCCCCC(C(C)C)C(O)CC. The summed E-state index contributed by atoms with van der Waals surface area (Å²) in [5.41, 5.74) is 0. The van der Waals surface area contributed by atoms with Crippen molar-refractivity contribution in [3.05, 3.63) is 0 Å². The molecule has 0 aliphatic carbocycles. The Morgan fingerprint density at radius 1 is 0.432 bits per heavy atom. The first-order valence-electron chi connectivity index (χ1n) is 17.7. The molecule has 4 atom stereocenters.